The average molecular weight is 273 g/mol. The number of benzene rings is 2. The Morgan fingerprint density at radius 2 is 1.85 bits per heavy atom. The summed E-state index contributed by atoms with van der Waals surface area (Å²) in [5.41, 5.74) is -0.0770. The first-order valence-electron chi connectivity index (χ1n) is 5.77. The fourth-order valence-electron chi connectivity index (χ4n) is 1.74. The Bertz CT molecular complexity index is 639. The SMILES string of the molecule is O=C(O)c1c(OCc2ccccc2)cccc1[N+](=O)[O-]. The first-order valence-corrected chi connectivity index (χ1v) is 5.77. The van der Waals surface area contributed by atoms with E-state index in [0.29, 0.717) is 0 Å². The number of hydrogen-bond acceptors (Lipinski definition) is 4. The fraction of sp³-hybridized carbons (Fsp3) is 0.0714. The summed E-state index contributed by atoms with van der Waals surface area (Å²) in [6.07, 6.45) is 0. The van der Waals surface area contributed by atoms with Crippen LogP contribution in [-0.2, 0) is 6.61 Å². The van der Waals surface area contributed by atoms with Gasteiger partial charge in [0, 0.05) is 6.07 Å². The molecule has 2 aromatic rings. The lowest BCUT2D eigenvalue weighted by Gasteiger charge is -2.09. The van der Waals surface area contributed by atoms with Crippen LogP contribution in [0.3, 0.4) is 0 Å². The molecule has 0 saturated carbocycles. The van der Waals surface area contributed by atoms with Crippen LogP contribution in [0, 0.1) is 10.1 Å². The maximum Gasteiger partial charge on any atom is 0.346 e. The third-order valence-electron chi connectivity index (χ3n) is 2.65. The van der Waals surface area contributed by atoms with E-state index < -0.39 is 22.1 Å². The van der Waals surface area contributed by atoms with Crippen LogP contribution in [0.4, 0.5) is 5.69 Å². The van der Waals surface area contributed by atoms with Crippen LogP contribution >= 0.6 is 0 Å². The Labute approximate surface area is 114 Å². The van der Waals surface area contributed by atoms with Crippen LogP contribution < -0.4 is 4.74 Å². The summed E-state index contributed by atoms with van der Waals surface area (Å²) in [6.45, 7) is 0.141. The Hall–Kier alpha value is -2.89. The molecule has 0 aromatic heterocycles. The van der Waals surface area contributed by atoms with Gasteiger partial charge in [-0.25, -0.2) is 4.79 Å². The quantitative estimate of drug-likeness (QED) is 0.668. The van der Waals surface area contributed by atoms with Crippen molar-refractivity contribution in [2.75, 3.05) is 0 Å². The van der Waals surface area contributed by atoms with E-state index in [1.165, 1.54) is 12.1 Å². The van der Waals surface area contributed by atoms with Crippen LogP contribution in [0.1, 0.15) is 15.9 Å². The number of nitro groups is 1. The van der Waals surface area contributed by atoms with Gasteiger partial charge in [-0.1, -0.05) is 36.4 Å². The van der Waals surface area contributed by atoms with Crippen LogP contribution in [0.15, 0.2) is 48.5 Å². The number of carbonyl (C=O) groups is 1. The molecule has 0 fully saturated rings. The van der Waals surface area contributed by atoms with Crippen molar-refractivity contribution < 1.29 is 19.6 Å². The van der Waals surface area contributed by atoms with Crippen molar-refractivity contribution in [3.8, 4) is 5.75 Å². The minimum atomic E-state index is -1.39. The minimum absolute atomic E-state index is 0.0180. The highest BCUT2D eigenvalue weighted by Crippen LogP contribution is 2.28. The zero-order chi connectivity index (χ0) is 14.5. The summed E-state index contributed by atoms with van der Waals surface area (Å²) < 4.78 is 5.39. The maximum atomic E-state index is 11.2. The maximum absolute atomic E-state index is 11.2. The number of carboxylic acid groups (broad SMARTS) is 1. The van der Waals surface area contributed by atoms with Crippen molar-refractivity contribution in [3.05, 3.63) is 69.8 Å². The van der Waals surface area contributed by atoms with Gasteiger partial charge in [-0.3, -0.25) is 10.1 Å². The fourth-order valence-corrected chi connectivity index (χ4v) is 1.74. The number of hydrogen-bond donors (Lipinski definition) is 1. The van der Waals surface area contributed by atoms with Crippen molar-refractivity contribution >= 4 is 11.7 Å². The topological polar surface area (TPSA) is 89.7 Å². The molecule has 6 heteroatoms. The zero-order valence-corrected chi connectivity index (χ0v) is 10.4. The molecule has 0 aliphatic carbocycles. The predicted molar refractivity (Wildman–Crippen MR) is 70.8 cm³/mol. The monoisotopic (exact) mass is 273 g/mol. The van der Waals surface area contributed by atoms with Gasteiger partial charge < -0.3 is 9.84 Å². The van der Waals surface area contributed by atoms with Gasteiger partial charge in [0.25, 0.3) is 5.69 Å². The molecule has 0 aliphatic heterocycles. The molecule has 0 atom stereocenters. The van der Waals surface area contributed by atoms with Crippen LogP contribution in [0.25, 0.3) is 0 Å². The first-order chi connectivity index (χ1) is 9.59. The van der Waals surface area contributed by atoms with Gasteiger partial charge in [0.15, 0.2) is 5.56 Å². The first kappa shape index (κ1) is 13.5. The van der Waals surface area contributed by atoms with Crippen molar-refractivity contribution in [1.82, 2.24) is 0 Å². The molecule has 2 aromatic carbocycles. The molecule has 1 N–H and O–H groups in total. The summed E-state index contributed by atoms with van der Waals surface area (Å²) in [5, 5.41) is 19.9. The van der Waals surface area contributed by atoms with E-state index in [1.807, 2.05) is 30.3 Å². The smallest absolute Gasteiger partial charge is 0.346 e. The second kappa shape index (κ2) is 5.83. The highest BCUT2D eigenvalue weighted by Gasteiger charge is 2.24. The van der Waals surface area contributed by atoms with Crippen LogP contribution in [0.2, 0.25) is 0 Å². The Morgan fingerprint density at radius 1 is 1.15 bits per heavy atom. The van der Waals surface area contributed by atoms with Crippen molar-refractivity contribution in [2.45, 2.75) is 6.61 Å². The average Bonchev–Trinajstić information content (AvgIpc) is 2.45. The van der Waals surface area contributed by atoms with Crippen LogP contribution in [-0.4, -0.2) is 16.0 Å². The molecule has 0 heterocycles. The Kier molecular flexibility index (Phi) is 3.95. The summed E-state index contributed by atoms with van der Waals surface area (Å²) in [5.74, 6) is -1.41. The van der Waals surface area contributed by atoms with E-state index >= 15 is 0 Å². The van der Waals surface area contributed by atoms with E-state index in [0.717, 1.165) is 11.6 Å². The van der Waals surface area contributed by atoms with E-state index in [9.17, 15) is 14.9 Å². The van der Waals surface area contributed by atoms with Gasteiger partial charge in [-0.05, 0) is 11.6 Å². The molecule has 0 spiro atoms. The number of nitro benzene ring substituents is 1. The second-order valence-corrected chi connectivity index (χ2v) is 3.99. The van der Waals surface area contributed by atoms with E-state index in [-0.39, 0.29) is 12.4 Å². The molecule has 6 nitrogen and oxygen atoms in total. The van der Waals surface area contributed by atoms with Gasteiger partial charge in [0.2, 0.25) is 0 Å². The molecule has 102 valence electrons. The lowest BCUT2D eigenvalue weighted by atomic mass is 10.1. The molecule has 0 aliphatic rings. The molecule has 0 bridgehead atoms. The normalized spacial score (nSPS) is 10.0. The number of nitrogens with zero attached hydrogens (tertiary/aromatic N) is 1. The molecule has 0 unspecified atom stereocenters. The summed E-state index contributed by atoms with van der Waals surface area (Å²) in [4.78, 5) is 21.3. The summed E-state index contributed by atoms with van der Waals surface area (Å²) >= 11 is 0. The van der Waals surface area contributed by atoms with Gasteiger partial charge in [-0.15, -0.1) is 0 Å². The molecule has 0 radical (unpaired) electrons. The summed E-state index contributed by atoms with van der Waals surface area (Å²) in [6, 6.07) is 13.1. The van der Waals surface area contributed by atoms with E-state index in [4.69, 9.17) is 9.84 Å². The number of rotatable bonds is 5. The number of ether oxygens (including phenoxy) is 1. The Morgan fingerprint density at radius 3 is 2.45 bits per heavy atom. The number of aromatic carboxylic acids is 1. The standard InChI is InChI=1S/C14H11NO5/c16-14(17)13-11(15(18)19)7-4-8-12(13)20-9-10-5-2-1-3-6-10/h1-8H,9H2,(H,16,17). The second-order valence-electron chi connectivity index (χ2n) is 3.99. The van der Waals surface area contributed by atoms with Crippen molar-refractivity contribution in [1.29, 1.82) is 0 Å². The third kappa shape index (κ3) is 2.92. The third-order valence-corrected chi connectivity index (χ3v) is 2.65. The van der Waals surface area contributed by atoms with Gasteiger partial charge in [0.1, 0.15) is 12.4 Å². The van der Waals surface area contributed by atoms with Gasteiger partial charge >= 0.3 is 5.97 Å². The molecule has 2 rings (SSSR count). The largest absolute Gasteiger partial charge is 0.488 e. The molecular formula is C14H11NO5. The highest BCUT2D eigenvalue weighted by atomic mass is 16.6. The van der Waals surface area contributed by atoms with E-state index in [2.05, 4.69) is 0 Å². The molecular weight excluding hydrogens is 262 g/mol. The molecule has 0 saturated heterocycles. The lowest BCUT2D eigenvalue weighted by molar-refractivity contribution is -0.385. The highest BCUT2D eigenvalue weighted by molar-refractivity contribution is 5.95. The molecule has 20 heavy (non-hydrogen) atoms. The van der Waals surface area contributed by atoms with Crippen LogP contribution in [0.5, 0.6) is 5.75 Å². The number of carboxylic acids is 1. The van der Waals surface area contributed by atoms with Crippen molar-refractivity contribution in [3.63, 3.8) is 0 Å². The Balaban J connectivity index is 2.30. The lowest BCUT2D eigenvalue weighted by Crippen LogP contribution is -2.07. The molecule has 0 amide bonds. The van der Waals surface area contributed by atoms with Gasteiger partial charge in [0.05, 0.1) is 4.92 Å². The van der Waals surface area contributed by atoms with E-state index in [1.54, 1.807) is 0 Å². The van der Waals surface area contributed by atoms with Gasteiger partial charge in [-0.2, -0.15) is 0 Å². The summed E-state index contributed by atoms with van der Waals surface area (Å²) in [7, 11) is 0. The minimum Gasteiger partial charge on any atom is -0.488 e. The zero-order valence-electron chi connectivity index (χ0n) is 10.4. The van der Waals surface area contributed by atoms with Crippen molar-refractivity contribution in [2.24, 2.45) is 0 Å². The predicted octanol–water partition coefficient (Wildman–Crippen LogP) is 2.87.